The predicted octanol–water partition coefficient (Wildman–Crippen LogP) is 4.69. The van der Waals surface area contributed by atoms with Crippen LogP contribution in [-0.4, -0.2) is 41.8 Å². The number of rotatable bonds is 9. The van der Waals surface area contributed by atoms with Gasteiger partial charge in [-0.2, -0.15) is 0 Å². The van der Waals surface area contributed by atoms with Gasteiger partial charge in [0.1, 0.15) is 5.75 Å². The van der Waals surface area contributed by atoms with Gasteiger partial charge in [0.15, 0.2) is 11.6 Å². The summed E-state index contributed by atoms with van der Waals surface area (Å²) in [6.45, 7) is 0.631. The third kappa shape index (κ3) is 6.47. The standard InChI is InChI=1S/C29H33N5O4S/c1-30-18-20-8-14-24(15-9-20)39(37,38)34-29-28(31-25-4-2-3-5-26(25)32-29)33-27-17-23(36)13-10-21(27)16-19-6-11-22(35)12-7-19/h2-5,8-10,13-15,17,19,22,30,35-36H,6-7,11-12,16,18H2,1H3,(H,31,33)(H,32,34). The van der Waals surface area contributed by atoms with Crippen molar-refractivity contribution in [2.24, 2.45) is 5.92 Å². The van der Waals surface area contributed by atoms with E-state index in [1.807, 2.05) is 31.3 Å². The number of fused-ring (bicyclic) bond motifs is 1. The Morgan fingerprint density at radius 1 is 0.897 bits per heavy atom. The van der Waals surface area contributed by atoms with Gasteiger partial charge in [-0.3, -0.25) is 4.72 Å². The molecule has 0 spiro atoms. The quantitative estimate of drug-likeness (QED) is 0.204. The number of nitrogens with zero attached hydrogens (tertiary/aromatic N) is 2. The van der Waals surface area contributed by atoms with Gasteiger partial charge in [0.25, 0.3) is 10.0 Å². The van der Waals surface area contributed by atoms with E-state index in [9.17, 15) is 18.6 Å². The monoisotopic (exact) mass is 547 g/mol. The SMILES string of the molecule is CNCc1ccc(S(=O)(=O)Nc2nc3ccccc3nc2Nc2cc(O)ccc2CC2CCC(O)CC2)cc1. The normalized spacial score (nSPS) is 17.7. The molecule has 1 saturated carbocycles. The number of phenolic OH excluding ortho intramolecular Hbond substituents is 1. The molecule has 0 amide bonds. The molecule has 9 nitrogen and oxygen atoms in total. The first kappa shape index (κ1) is 26.9. The number of anilines is 3. The van der Waals surface area contributed by atoms with Crippen LogP contribution in [0.5, 0.6) is 5.75 Å². The largest absolute Gasteiger partial charge is 0.508 e. The third-order valence-electron chi connectivity index (χ3n) is 7.09. The number of hydrogen-bond acceptors (Lipinski definition) is 8. The number of para-hydroxylation sites is 2. The van der Waals surface area contributed by atoms with Crippen LogP contribution < -0.4 is 15.4 Å². The lowest BCUT2D eigenvalue weighted by Crippen LogP contribution is -2.20. The van der Waals surface area contributed by atoms with E-state index in [2.05, 4.69) is 20.3 Å². The molecule has 4 aromatic rings. The highest BCUT2D eigenvalue weighted by Gasteiger charge is 2.23. The number of benzene rings is 3. The number of sulfonamides is 1. The molecule has 1 aromatic heterocycles. The van der Waals surface area contributed by atoms with Crippen molar-refractivity contribution in [3.05, 3.63) is 77.9 Å². The van der Waals surface area contributed by atoms with Gasteiger partial charge in [0, 0.05) is 18.3 Å². The number of hydrogen-bond donors (Lipinski definition) is 5. The summed E-state index contributed by atoms with van der Waals surface area (Å²) in [6.07, 6.45) is 3.94. The summed E-state index contributed by atoms with van der Waals surface area (Å²) in [5, 5.41) is 26.5. The maximum atomic E-state index is 13.3. The van der Waals surface area contributed by atoms with E-state index in [1.165, 1.54) is 0 Å². The summed E-state index contributed by atoms with van der Waals surface area (Å²) in [5.74, 6) is 0.779. The number of aromatic nitrogens is 2. The summed E-state index contributed by atoms with van der Waals surface area (Å²) in [6, 6.07) is 19.0. The Labute approximate surface area is 228 Å². The summed E-state index contributed by atoms with van der Waals surface area (Å²) < 4.78 is 29.3. The lowest BCUT2D eigenvalue weighted by atomic mass is 9.83. The second-order valence-electron chi connectivity index (χ2n) is 10.0. The number of aromatic hydroxyl groups is 1. The second-order valence-corrected chi connectivity index (χ2v) is 11.7. The number of nitrogens with one attached hydrogen (secondary N) is 3. The fraction of sp³-hybridized carbons (Fsp3) is 0.310. The fourth-order valence-corrected chi connectivity index (χ4v) is 5.99. The van der Waals surface area contributed by atoms with E-state index < -0.39 is 10.0 Å². The fourth-order valence-electron chi connectivity index (χ4n) is 4.98. The van der Waals surface area contributed by atoms with Crippen molar-refractivity contribution < 1.29 is 18.6 Å². The highest BCUT2D eigenvalue weighted by atomic mass is 32.2. The van der Waals surface area contributed by atoms with Gasteiger partial charge in [-0.1, -0.05) is 30.3 Å². The summed E-state index contributed by atoms with van der Waals surface area (Å²) in [4.78, 5) is 9.39. The topological polar surface area (TPSA) is 136 Å². The molecule has 0 radical (unpaired) electrons. The number of aliphatic hydroxyl groups is 1. The molecule has 5 N–H and O–H groups in total. The molecule has 0 bridgehead atoms. The van der Waals surface area contributed by atoms with Gasteiger partial charge in [-0.05, 0) is 86.5 Å². The van der Waals surface area contributed by atoms with Crippen LogP contribution in [0, 0.1) is 5.92 Å². The Morgan fingerprint density at radius 2 is 1.56 bits per heavy atom. The zero-order valence-electron chi connectivity index (χ0n) is 21.8. The Bertz CT molecular complexity index is 1550. The van der Waals surface area contributed by atoms with E-state index in [0.29, 0.717) is 29.2 Å². The Morgan fingerprint density at radius 3 is 2.23 bits per heavy atom. The molecule has 39 heavy (non-hydrogen) atoms. The maximum Gasteiger partial charge on any atom is 0.263 e. The van der Waals surface area contributed by atoms with Gasteiger partial charge in [0.2, 0.25) is 0 Å². The zero-order valence-corrected chi connectivity index (χ0v) is 22.6. The van der Waals surface area contributed by atoms with Crippen molar-refractivity contribution in [1.82, 2.24) is 15.3 Å². The van der Waals surface area contributed by atoms with Crippen LogP contribution in [0.25, 0.3) is 11.0 Å². The molecule has 1 aliphatic rings. The lowest BCUT2D eigenvalue weighted by Gasteiger charge is -2.26. The molecule has 1 fully saturated rings. The molecule has 0 unspecified atom stereocenters. The third-order valence-corrected chi connectivity index (χ3v) is 8.44. The van der Waals surface area contributed by atoms with E-state index in [1.54, 1.807) is 42.5 Å². The minimum atomic E-state index is -3.96. The molecule has 5 rings (SSSR count). The summed E-state index contributed by atoms with van der Waals surface area (Å²) >= 11 is 0. The van der Waals surface area contributed by atoms with Crippen molar-refractivity contribution in [1.29, 1.82) is 0 Å². The molecule has 0 aliphatic heterocycles. The average Bonchev–Trinajstić information content (AvgIpc) is 2.92. The van der Waals surface area contributed by atoms with Gasteiger partial charge in [0.05, 0.1) is 22.0 Å². The lowest BCUT2D eigenvalue weighted by molar-refractivity contribution is 0.109. The Kier molecular flexibility index (Phi) is 7.97. The first-order valence-corrected chi connectivity index (χ1v) is 14.6. The van der Waals surface area contributed by atoms with Crippen LogP contribution in [0.2, 0.25) is 0 Å². The van der Waals surface area contributed by atoms with Gasteiger partial charge in [-0.25, -0.2) is 18.4 Å². The maximum absolute atomic E-state index is 13.3. The van der Waals surface area contributed by atoms with Gasteiger partial charge < -0.3 is 20.8 Å². The smallest absolute Gasteiger partial charge is 0.263 e. The second kappa shape index (κ2) is 11.6. The van der Waals surface area contributed by atoms with Crippen LogP contribution in [0.4, 0.5) is 17.3 Å². The van der Waals surface area contributed by atoms with Crippen LogP contribution in [0.3, 0.4) is 0 Å². The van der Waals surface area contributed by atoms with Crippen molar-refractivity contribution in [3.8, 4) is 5.75 Å². The van der Waals surface area contributed by atoms with E-state index in [-0.39, 0.29) is 28.4 Å². The molecule has 10 heteroatoms. The van der Waals surface area contributed by atoms with Crippen molar-refractivity contribution in [2.45, 2.75) is 49.6 Å². The predicted molar refractivity (Wildman–Crippen MR) is 153 cm³/mol. The minimum absolute atomic E-state index is 0.0584. The van der Waals surface area contributed by atoms with Gasteiger partial charge >= 0.3 is 0 Å². The molecular weight excluding hydrogens is 514 g/mol. The first-order chi connectivity index (χ1) is 18.8. The van der Waals surface area contributed by atoms with Crippen LogP contribution >= 0.6 is 0 Å². The van der Waals surface area contributed by atoms with Crippen LogP contribution in [0.1, 0.15) is 36.8 Å². The Balaban J connectivity index is 1.48. The van der Waals surface area contributed by atoms with E-state index in [0.717, 1.165) is 43.2 Å². The van der Waals surface area contributed by atoms with E-state index in [4.69, 9.17) is 4.98 Å². The molecular formula is C29H33N5O4S. The molecule has 204 valence electrons. The van der Waals surface area contributed by atoms with Crippen molar-refractivity contribution in [2.75, 3.05) is 17.1 Å². The van der Waals surface area contributed by atoms with Crippen LogP contribution in [-0.2, 0) is 23.0 Å². The molecule has 0 atom stereocenters. The molecule has 3 aromatic carbocycles. The number of phenols is 1. The van der Waals surface area contributed by atoms with Crippen molar-refractivity contribution in [3.63, 3.8) is 0 Å². The molecule has 1 aliphatic carbocycles. The Hall–Kier alpha value is -3.73. The first-order valence-electron chi connectivity index (χ1n) is 13.1. The van der Waals surface area contributed by atoms with Crippen molar-refractivity contribution >= 4 is 38.4 Å². The highest BCUT2D eigenvalue weighted by Crippen LogP contribution is 2.34. The van der Waals surface area contributed by atoms with E-state index >= 15 is 0 Å². The van der Waals surface area contributed by atoms with Gasteiger partial charge in [-0.15, -0.1) is 0 Å². The summed E-state index contributed by atoms with van der Waals surface area (Å²) in [5.41, 5.74) is 3.71. The highest BCUT2D eigenvalue weighted by molar-refractivity contribution is 7.92. The minimum Gasteiger partial charge on any atom is -0.508 e. The molecule has 1 heterocycles. The zero-order chi connectivity index (χ0) is 27.4. The summed E-state index contributed by atoms with van der Waals surface area (Å²) in [7, 11) is -2.13. The number of aliphatic hydroxyl groups excluding tert-OH is 1. The molecule has 0 saturated heterocycles. The average molecular weight is 548 g/mol. The van der Waals surface area contributed by atoms with Crippen LogP contribution in [0.15, 0.2) is 71.6 Å².